The molecule has 0 saturated heterocycles. The lowest BCUT2D eigenvalue weighted by atomic mass is 10.3. The summed E-state index contributed by atoms with van der Waals surface area (Å²) in [6.07, 6.45) is 4.16. The summed E-state index contributed by atoms with van der Waals surface area (Å²) in [5.41, 5.74) is 0.736. The maximum atomic E-state index is 10.2. The summed E-state index contributed by atoms with van der Waals surface area (Å²) in [6.45, 7) is 5.46. The van der Waals surface area contributed by atoms with Crippen LogP contribution in [0.3, 0.4) is 0 Å². The highest BCUT2D eigenvalue weighted by Gasteiger charge is 1.98. The van der Waals surface area contributed by atoms with E-state index in [1.165, 1.54) is 0 Å². The normalized spacial score (nSPS) is 11.8. The van der Waals surface area contributed by atoms with Crippen LogP contribution < -0.4 is 5.32 Å². The number of hydrogen-bond acceptors (Lipinski definition) is 5. The molecule has 0 aliphatic carbocycles. The molecule has 0 spiro atoms. The molecule has 7 heteroatoms. The third-order valence-corrected chi connectivity index (χ3v) is 2.83. The molecule has 0 bridgehead atoms. The lowest BCUT2D eigenvalue weighted by molar-refractivity contribution is -0.104. The first kappa shape index (κ1) is 20.4. The second kappa shape index (κ2) is 12.1. The van der Waals surface area contributed by atoms with Gasteiger partial charge >= 0.3 is 0 Å². The molecular weight excluding hydrogens is 268 g/mol. The van der Waals surface area contributed by atoms with Crippen molar-refractivity contribution in [3.63, 3.8) is 0 Å². The number of allylic oxidation sites excluding steroid dienone is 1. The van der Waals surface area contributed by atoms with Gasteiger partial charge in [-0.25, -0.2) is 0 Å². The summed E-state index contributed by atoms with van der Waals surface area (Å²) in [5.74, 6) is -0.132. The van der Waals surface area contributed by atoms with E-state index in [1.54, 1.807) is 20.0 Å². The fraction of sp³-hybridized carbons (Fsp3) is 0.750. The summed E-state index contributed by atoms with van der Waals surface area (Å²) < 4.78 is 27.6. The molecular formula is C12H26N2O4S. The van der Waals surface area contributed by atoms with Crippen LogP contribution in [-0.2, 0) is 14.9 Å². The van der Waals surface area contributed by atoms with E-state index in [9.17, 15) is 13.2 Å². The molecule has 0 aliphatic rings. The number of carbonyl (C=O) groups excluding carboxylic acids is 1. The summed E-state index contributed by atoms with van der Waals surface area (Å²) in [5, 5.41) is 3.07. The van der Waals surface area contributed by atoms with Gasteiger partial charge in [-0.15, -0.1) is 0 Å². The van der Waals surface area contributed by atoms with Crippen LogP contribution in [-0.4, -0.2) is 57.1 Å². The van der Waals surface area contributed by atoms with E-state index in [-0.39, 0.29) is 5.75 Å². The smallest absolute Gasteiger partial charge is 0.264 e. The first-order chi connectivity index (χ1) is 8.72. The van der Waals surface area contributed by atoms with Crippen LogP contribution in [0.2, 0.25) is 0 Å². The maximum Gasteiger partial charge on any atom is 0.264 e. The van der Waals surface area contributed by atoms with Gasteiger partial charge in [0.15, 0.2) is 0 Å². The van der Waals surface area contributed by atoms with Gasteiger partial charge in [0.05, 0.1) is 5.75 Å². The van der Waals surface area contributed by atoms with Gasteiger partial charge in [0, 0.05) is 18.3 Å². The van der Waals surface area contributed by atoms with Crippen molar-refractivity contribution in [2.45, 2.75) is 26.7 Å². The van der Waals surface area contributed by atoms with Crippen molar-refractivity contribution in [2.75, 3.05) is 32.9 Å². The average molecular weight is 294 g/mol. The van der Waals surface area contributed by atoms with E-state index in [0.29, 0.717) is 6.42 Å². The summed E-state index contributed by atoms with van der Waals surface area (Å²) in [6, 6.07) is 0. The monoisotopic (exact) mass is 294 g/mol. The Kier molecular flexibility index (Phi) is 13.0. The molecule has 0 atom stereocenters. The Morgan fingerprint density at radius 2 is 1.95 bits per heavy atom. The number of hydrogen-bond donors (Lipinski definition) is 2. The highest BCUT2D eigenvalue weighted by molar-refractivity contribution is 7.85. The van der Waals surface area contributed by atoms with Crippen LogP contribution >= 0.6 is 0 Å². The van der Waals surface area contributed by atoms with E-state index in [0.717, 1.165) is 31.4 Å². The molecule has 0 fully saturated rings. The Morgan fingerprint density at radius 3 is 2.26 bits per heavy atom. The molecule has 0 heterocycles. The predicted octanol–water partition coefficient (Wildman–Crippen LogP) is 0.915. The molecule has 0 rings (SSSR count). The Balaban J connectivity index is 0. The molecule has 0 aromatic rings. The van der Waals surface area contributed by atoms with E-state index in [2.05, 4.69) is 10.2 Å². The summed E-state index contributed by atoms with van der Waals surface area (Å²) in [4.78, 5) is 12.3. The van der Waals surface area contributed by atoms with Gasteiger partial charge in [0.2, 0.25) is 0 Å². The lowest BCUT2D eigenvalue weighted by Gasteiger charge is -2.08. The molecule has 0 aromatic carbocycles. The molecule has 114 valence electrons. The molecule has 0 saturated carbocycles. The maximum absolute atomic E-state index is 10.2. The Bertz CT molecular complexity index is 351. The second-order valence-corrected chi connectivity index (χ2v) is 5.98. The van der Waals surface area contributed by atoms with Crippen molar-refractivity contribution in [1.29, 1.82) is 0 Å². The van der Waals surface area contributed by atoms with Crippen LogP contribution in [0.4, 0.5) is 0 Å². The number of aldehydes is 1. The average Bonchev–Trinajstić information content (AvgIpc) is 2.27. The van der Waals surface area contributed by atoms with Gasteiger partial charge in [-0.3, -0.25) is 9.35 Å². The molecule has 0 radical (unpaired) electrons. The van der Waals surface area contributed by atoms with Crippen molar-refractivity contribution in [2.24, 2.45) is 0 Å². The standard InChI is InChI=1S/C9H18N2O.C3H8O3S/c1-9(8-12)7-10-5-4-6-11(2)3;1-2-3-7(4,5)6/h7-8,10H,4-6H2,1-3H3;2-3H2,1H3,(H,4,5,6). The highest BCUT2D eigenvalue weighted by Crippen LogP contribution is 1.84. The zero-order valence-corrected chi connectivity index (χ0v) is 13.0. The lowest BCUT2D eigenvalue weighted by Crippen LogP contribution is -2.18. The van der Waals surface area contributed by atoms with Crippen molar-refractivity contribution >= 4 is 16.4 Å². The zero-order valence-electron chi connectivity index (χ0n) is 12.2. The third kappa shape index (κ3) is 22.7. The minimum Gasteiger partial charge on any atom is -0.391 e. The fourth-order valence-corrected chi connectivity index (χ4v) is 1.54. The first-order valence-electron chi connectivity index (χ1n) is 6.18. The van der Waals surface area contributed by atoms with Crippen LogP contribution in [0.5, 0.6) is 0 Å². The molecule has 2 N–H and O–H groups in total. The van der Waals surface area contributed by atoms with Gasteiger partial charge in [-0.05, 0) is 40.4 Å². The topological polar surface area (TPSA) is 86.7 Å². The third-order valence-electron chi connectivity index (χ3n) is 1.90. The molecule has 0 aliphatic heterocycles. The number of rotatable bonds is 8. The van der Waals surface area contributed by atoms with Crippen LogP contribution in [0.1, 0.15) is 26.7 Å². The van der Waals surface area contributed by atoms with Gasteiger partial charge in [-0.1, -0.05) is 6.92 Å². The van der Waals surface area contributed by atoms with Crippen LogP contribution in [0, 0.1) is 0 Å². The molecule has 0 unspecified atom stereocenters. The highest BCUT2D eigenvalue weighted by atomic mass is 32.2. The zero-order chi connectivity index (χ0) is 15.3. The van der Waals surface area contributed by atoms with Crippen molar-refractivity contribution in [3.05, 3.63) is 11.8 Å². The molecule has 0 amide bonds. The largest absolute Gasteiger partial charge is 0.391 e. The predicted molar refractivity (Wildman–Crippen MR) is 77.7 cm³/mol. The first-order valence-corrected chi connectivity index (χ1v) is 7.79. The van der Waals surface area contributed by atoms with E-state index >= 15 is 0 Å². The summed E-state index contributed by atoms with van der Waals surface area (Å²) >= 11 is 0. The SMILES string of the molecule is CC(C=O)=CNCCCN(C)C.CCCS(=O)(=O)O. The van der Waals surface area contributed by atoms with Gasteiger partial charge in [-0.2, -0.15) is 8.42 Å². The quantitative estimate of drug-likeness (QED) is 0.299. The number of nitrogens with zero attached hydrogens (tertiary/aromatic N) is 1. The number of nitrogens with one attached hydrogen (secondary N) is 1. The second-order valence-electron chi connectivity index (χ2n) is 4.40. The van der Waals surface area contributed by atoms with Crippen molar-refractivity contribution in [1.82, 2.24) is 10.2 Å². The van der Waals surface area contributed by atoms with Crippen LogP contribution in [0.15, 0.2) is 11.8 Å². The van der Waals surface area contributed by atoms with Gasteiger partial charge in [0.25, 0.3) is 10.1 Å². The van der Waals surface area contributed by atoms with Crippen molar-refractivity contribution in [3.8, 4) is 0 Å². The van der Waals surface area contributed by atoms with Crippen molar-refractivity contribution < 1.29 is 17.8 Å². The Morgan fingerprint density at radius 1 is 1.37 bits per heavy atom. The fourth-order valence-electron chi connectivity index (χ4n) is 1.02. The number of carbonyl (C=O) groups is 1. The van der Waals surface area contributed by atoms with Crippen LogP contribution in [0.25, 0.3) is 0 Å². The molecule has 0 aromatic heterocycles. The minimum absolute atomic E-state index is 0.132. The minimum atomic E-state index is -3.67. The van der Waals surface area contributed by atoms with E-state index in [4.69, 9.17) is 4.55 Å². The van der Waals surface area contributed by atoms with Gasteiger partial charge < -0.3 is 10.2 Å². The van der Waals surface area contributed by atoms with Gasteiger partial charge in [0.1, 0.15) is 6.29 Å². The van der Waals surface area contributed by atoms with E-state index < -0.39 is 10.1 Å². The molecule has 19 heavy (non-hydrogen) atoms. The molecule has 6 nitrogen and oxygen atoms in total. The Labute approximate surface area is 116 Å². The summed E-state index contributed by atoms with van der Waals surface area (Å²) in [7, 11) is 0.422. The Hall–Kier alpha value is -0.920. The van der Waals surface area contributed by atoms with E-state index in [1.807, 2.05) is 14.1 Å².